The second-order valence-corrected chi connectivity index (χ2v) is 5.77. The Balaban J connectivity index is 2.52. The summed E-state index contributed by atoms with van der Waals surface area (Å²) in [6.07, 6.45) is 0. The van der Waals surface area contributed by atoms with Crippen molar-refractivity contribution in [3.05, 3.63) is 57.6 Å². The van der Waals surface area contributed by atoms with Crippen LogP contribution in [0.4, 0.5) is 0 Å². The van der Waals surface area contributed by atoms with Crippen molar-refractivity contribution in [2.24, 2.45) is 0 Å². The summed E-state index contributed by atoms with van der Waals surface area (Å²) in [5, 5.41) is 19.4. The molecule has 0 saturated heterocycles. The average molecular weight is 297 g/mol. The highest BCUT2D eigenvalue weighted by Gasteiger charge is 2.25. The third kappa shape index (κ3) is 2.65. The van der Waals surface area contributed by atoms with Gasteiger partial charge in [-0.15, -0.1) is 0 Å². The predicted molar refractivity (Wildman–Crippen MR) is 78.4 cm³/mol. The number of phenols is 2. The maximum absolute atomic E-state index is 9.61. The van der Waals surface area contributed by atoms with Crippen LogP contribution in [0.15, 0.2) is 36.4 Å². The van der Waals surface area contributed by atoms with E-state index in [2.05, 4.69) is 0 Å². The van der Waals surface area contributed by atoms with Gasteiger partial charge in [-0.3, -0.25) is 0 Å². The minimum atomic E-state index is -0.339. The van der Waals surface area contributed by atoms with Crippen LogP contribution < -0.4 is 0 Å². The molecule has 19 heavy (non-hydrogen) atoms. The molecule has 0 saturated carbocycles. The molecule has 0 fully saturated rings. The Morgan fingerprint density at radius 2 is 1.32 bits per heavy atom. The topological polar surface area (TPSA) is 40.5 Å². The first kappa shape index (κ1) is 14.0. The molecule has 2 nitrogen and oxygen atoms in total. The molecule has 0 heterocycles. The van der Waals surface area contributed by atoms with Gasteiger partial charge in [0.1, 0.15) is 5.75 Å². The first-order valence-corrected chi connectivity index (χ1v) is 6.56. The van der Waals surface area contributed by atoms with E-state index in [1.807, 2.05) is 26.0 Å². The summed E-state index contributed by atoms with van der Waals surface area (Å²) in [5.41, 5.74) is 1.57. The summed E-state index contributed by atoms with van der Waals surface area (Å²) in [4.78, 5) is 0. The largest absolute Gasteiger partial charge is 0.508 e. The molecular weight excluding hydrogens is 283 g/mol. The lowest BCUT2D eigenvalue weighted by atomic mass is 9.78. The van der Waals surface area contributed by atoms with E-state index >= 15 is 0 Å². The van der Waals surface area contributed by atoms with Crippen LogP contribution in [0.3, 0.4) is 0 Å². The monoisotopic (exact) mass is 296 g/mol. The smallest absolute Gasteiger partial charge is 0.152 e. The van der Waals surface area contributed by atoms with Crippen molar-refractivity contribution < 1.29 is 10.2 Å². The van der Waals surface area contributed by atoms with Crippen LogP contribution in [0.5, 0.6) is 11.5 Å². The summed E-state index contributed by atoms with van der Waals surface area (Å²) < 4.78 is 0. The maximum atomic E-state index is 9.61. The van der Waals surface area contributed by atoms with Crippen molar-refractivity contribution in [1.82, 2.24) is 0 Å². The highest BCUT2D eigenvalue weighted by Crippen LogP contribution is 2.39. The molecule has 2 aromatic carbocycles. The molecule has 2 N–H and O–H groups in total. The highest BCUT2D eigenvalue weighted by atomic mass is 35.5. The molecular formula is C15H14Cl2O2. The third-order valence-electron chi connectivity index (χ3n) is 3.33. The Kier molecular flexibility index (Phi) is 3.66. The molecule has 0 aliphatic heterocycles. The number of aromatic hydroxyl groups is 2. The van der Waals surface area contributed by atoms with E-state index in [0.717, 1.165) is 11.1 Å². The van der Waals surface area contributed by atoms with Gasteiger partial charge >= 0.3 is 0 Å². The lowest BCUT2D eigenvalue weighted by Crippen LogP contribution is -2.18. The minimum absolute atomic E-state index is 0.103. The van der Waals surface area contributed by atoms with Gasteiger partial charge in [0.25, 0.3) is 0 Å². The van der Waals surface area contributed by atoms with Gasteiger partial charge in [0.15, 0.2) is 5.75 Å². The molecule has 0 bridgehead atoms. The molecule has 2 aromatic rings. The molecule has 0 radical (unpaired) electrons. The van der Waals surface area contributed by atoms with Crippen LogP contribution in [0.25, 0.3) is 0 Å². The number of hydrogen-bond donors (Lipinski definition) is 2. The van der Waals surface area contributed by atoms with Gasteiger partial charge in [0.05, 0.1) is 10.0 Å². The number of halogens is 2. The molecule has 0 aliphatic carbocycles. The normalized spacial score (nSPS) is 11.6. The van der Waals surface area contributed by atoms with E-state index in [-0.39, 0.29) is 27.0 Å². The van der Waals surface area contributed by atoms with Crippen molar-refractivity contribution in [1.29, 1.82) is 0 Å². The molecule has 0 aromatic heterocycles. The van der Waals surface area contributed by atoms with Gasteiger partial charge < -0.3 is 10.2 Å². The lowest BCUT2D eigenvalue weighted by molar-refractivity contribution is 0.474. The van der Waals surface area contributed by atoms with Crippen molar-refractivity contribution >= 4 is 23.2 Å². The zero-order valence-corrected chi connectivity index (χ0v) is 12.1. The van der Waals surface area contributed by atoms with E-state index in [0.29, 0.717) is 0 Å². The molecule has 0 aliphatic rings. The Morgan fingerprint density at radius 1 is 0.842 bits per heavy atom. The molecule has 100 valence electrons. The van der Waals surface area contributed by atoms with Crippen LogP contribution in [0.2, 0.25) is 10.0 Å². The summed E-state index contributed by atoms with van der Waals surface area (Å²) in [6.45, 7) is 4.05. The Morgan fingerprint density at radius 3 is 1.79 bits per heavy atom. The zero-order chi connectivity index (χ0) is 14.2. The van der Waals surface area contributed by atoms with Gasteiger partial charge in [-0.2, -0.15) is 0 Å². The van der Waals surface area contributed by atoms with Crippen molar-refractivity contribution in [2.75, 3.05) is 0 Å². The van der Waals surface area contributed by atoms with Crippen LogP contribution in [0.1, 0.15) is 25.0 Å². The van der Waals surface area contributed by atoms with Crippen LogP contribution in [-0.2, 0) is 5.41 Å². The quantitative estimate of drug-likeness (QED) is 0.841. The number of rotatable bonds is 2. The molecule has 0 spiro atoms. The van der Waals surface area contributed by atoms with E-state index in [1.165, 1.54) is 0 Å². The fourth-order valence-corrected chi connectivity index (χ4v) is 2.46. The number of hydrogen-bond acceptors (Lipinski definition) is 2. The van der Waals surface area contributed by atoms with E-state index < -0.39 is 0 Å². The van der Waals surface area contributed by atoms with Crippen LogP contribution >= 0.6 is 23.2 Å². The van der Waals surface area contributed by atoms with Gasteiger partial charge in [0, 0.05) is 5.41 Å². The Bertz CT molecular complexity index is 581. The molecule has 4 heteroatoms. The van der Waals surface area contributed by atoms with Gasteiger partial charge in [-0.25, -0.2) is 0 Å². The molecule has 0 atom stereocenters. The zero-order valence-electron chi connectivity index (χ0n) is 10.6. The first-order valence-electron chi connectivity index (χ1n) is 5.80. The summed E-state index contributed by atoms with van der Waals surface area (Å²) in [6, 6.07) is 10.4. The second kappa shape index (κ2) is 4.95. The second-order valence-electron chi connectivity index (χ2n) is 4.96. The van der Waals surface area contributed by atoms with Crippen molar-refractivity contribution in [3.63, 3.8) is 0 Å². The number of benzene rings is 2. The van der Waals surface area contributed by atoms with Gasteiger partial charge in [-0.1, -0.05) is 49.2 Å². The van der Waals surface area contributed by atoms with Crippen LogP contribution in [-0.4, -0.2) is 10.2 Å². The SMILES string of the molecule is CC(C)(c1ccc(O)cc1)c1cc(Cl)c(O)c(Cl)c1. The standard InChI is InChI=1S/C15H14Cl2O2/c1-15(2,9-3-5-11(18)6-4-9)10-7-12(16)14(19)13(17)8-10/h3-8,18-19H,1-2H3. The molecule has 2 rings (SSSR count). The number of phenolic OH excluding ortho intramolecular Hbond substituents is 2. The summed E-state index contributed by atoms with van der Waals surface area (Å²) in [7, 11) is 0. The minimum Gasteiger partial charge on any atom is -0.508 e. The van der Waals surface area contributed by atoms with Gasteiger partial charge in [0.2, 0.25) is 0 Å². The lowest BCUT2D eigenvalue weighted by Gasteiger charge is -2.26. The Labute approximate surface area is 122 Å². The van der Waals surface area contributed by atoms with Crippen molar-refractivity contribution in [2.45, 2.75) is 19.3 Å². The van der Waals surface area contributed by atoms with E-state index in [9.17, 15) is 10.2 Å². The van der Waals surface area contributed by atoms with E-state index in [1.54, 1.807) is 24.3 Å². The van der Waals surface area contributed by atoms with Gasteiger partial charge in [-0.05, 0) is 35.4 Å². The predicted octanol–water partition coefficient (Wildman–Crippen LogP) is 4.73. The third-order valence-corrected chi connectivity index (χ3v) is 3.90. The fourth-order valence-electron chi connectivity index (χ4n) is 1.97. The summed E-state index contributed by atoms with van der Waals surface area (Å²) in [5.74, 6) is 0.120. The maximum Gasteiger partial charge on any atom is 0.152 e. The van der Waals surface area contributed by atoms with Crippen LogP contribution in [0, 0.1) is 0 Å². The molecule has 0 unspecified atom stereocenters. The fraction of sp³-hybridized carbons (Fsp3) is 0.200. The van der Waals surface area contributed by atoms with E-state index in [4.69, 9.17) is 23.2 Å². The molecule has 0 amide bonds. The summed E-state index contributed by atoms with van der Waals surface area (Å²) >= 11 is 11.9. The average Bonchev–Trinajstić information content (AvgIpc) is 2.35. The highest BCUT2D eigenvalue weighted by molar-refractivity contribution is 6.37. The Hall–Kier alpha value is -1.38. The first-order chi connectivity index (χ1) is 8.82. The van der Waals surface area contributed by atoms with Crippen molar-refractivity contribution in [3.8, 4) is 11.5 Å².